The number of carbonyl (C=O) groups excluding carboxylic acids is 2. The maximum atomic E-state index is 12.5. The predicted octanol–water partition coefficient (Wildman–Crippen LogP) is 8.89. The number of phosphoric ester groups is 1. The number of phosphoric acid groups is 1. The number of hydrogen-bond acceptors (Lipinski definition) is 9. The van der Waals surface area contributed by atoms with Gasteiger partial charge in [0.15, 0.2) is 6.10 Å². The van der Waals surface area contributed by atoms with Crippen molar-refractivity contribution in [2.75, 3.05) is 26.4 Å². The molecule has 0 saturated heterocycles. The van der Waals surface area contributed by atoms with Crippen LogP contribution in [0.5, 0.6) is 0 Å². The van der Waals surface area contributed by atoms with Crippen molar-refractivity contribution in [3.63, 3.8) is 0 Å². The molecule has 11 heteroatoms. The highest BCUT2D eigenvalue weighted by atomic mass is 31.2. The molecule has 3 N–H and O–H groups in total. The van der Waals surface area contributed by atoms with Gasteiger partial charge in [0.25, 0.3) is 0 Å². The number of allylic oxidation sites excluding steroid dienone is 2. The van der Waals surface area contributed by atoms with E-state index in [4.69, 9.17) is 19.1 Å². The Morgan fingerprint density at radius 3 is 1.60 bits per heavy atom. The first-order chi connectivity index (χ1) is 22.7. The van der Waals surface area contributed by atoms with Gasteiger partial charge in [0.05, 0.1) is 19.8 Å². The van der Waals surface area contributed by atoms with E-state index >= 15 is 0 Å². The summed E-state index contributed by atoms with van der Waals surface area (Å²) in [6.45, 7) is 2.32. The second-order valence-corrected chi connectivity index (χ2v) is 14.1. The fourth-order valence-electron chi connectivity index (χ4n) is 4.97. The van der Waals surface area contributed by atoms with Crippen LogP contribution in [0.15, 0.2) is 12.2 Å². The summed E-state index contributed by atoms with van der Waals surface area (Å²) in [5.74, 6) is -0.932. The monoisotopic (exact) mass is 692 g/mol. The van der Waals surface area contributed by atoms with Crippen LogP contribution in [0.4, 0.5) is 0 Å². The summed E-state index contributed by atoms with van der Waals surface area (Å²) < 4.78 is 32.5. The number of aliphatic hydroxyl groups is 2. The van der Waals surface area contributed by atoms with Crippen molar-refractivity contribution in [2.45, 2.75) is 180 Å². The summed E-state index contributed by atoms with van der Waals surface area (Å²) in [6.07, 6.45) is 27.5. The van der Waals surface area contributed by atoms with Crippen molar-refractivity contribution in [3.8, 4) is 0 Å². The lowest BCUT2D eigenvalue weighted by atomic mass is 10.0. The van der Waals surface area contributed by atoms with Gasteiger partial charge in [0.1, 0.15) is 12.7 Å². The van der Waals surface area contributed by atoms with Crippen molar-refractivity contribution in [3.05, 3.63) is 12.2 Å². The Labute approximate surface area is 286 Å². The maximum absolute atomic E-state index is 12.5. The number of rotatable bonds is 35. The minimum absolute atomic E-state index is 0.187. The van der Waals surface area contributed by atoms with Gasteiger partial charge >= 0.3 is 19.8 Å². The summed E-state index contributed by atoms with van der Waals surface area (Å²) in [5, 5.41) is 18.2. The van der Waals surface area contributed by atoms with Gasteiger partial charge in [0.2, 0.25) is 0 Å². The lowest BCUT2D eigenvalue weighted by molar-refractivity contribution is -0.161. The number of unbranched alkanes of at least 4 members (excludes halogenated alkanes) is 19. The molecule has 0 spiro atoms. The van der Waals surface area contributed by atoms with Crippen molar-refractivity contribution in [2.24, 2.45) is 0 Å². The third-order valence-electron chi connectivity index (χ3n) is 7.92. The average molecular weight is 693 g/mol. The predicted molar refractivity (Wildman–Crippen MR) is 187 cm³/mol. The van der Waals surface area contributed by atoms with Gasteiger partial charge in [-0.3, -0.25) is 18.6 Å². The van der Waals surface area contributed by atoms with E-state index in [0.717, 1.165) is 57.8 Å². The van der Waals surface area contributed by atoms with E-state index in [2.05, 4.69) is 30.5 Å². The van der Waals surface area contributed by atoms with E-state index in [-0.39, 0.29) is 19.4 Å². The first-order valence-corrected chi connectivity index (χ1v) is 20.1. The Morgan fingerprint density at radius 1 is 0.617 bits per heavy atom. The second kappa shape index (κ2) is 33.2. The van der Waals surface area contributed by atoms with Gasteiger partial charge in [-0.25, -0.2) is 4.57 Å². The minimum Gasteiger partial charge on any atom is -0.462 e. The van der Waals surface area contributed by atoms with E-state index in [1.807, 2.05) is 0 Å². The zero-order valence-electron chi connectivity index (χ0n) is 29.8. The number of aliphatic hydroxyl groups excluding tert-OH is 2. The van der Waals surface area contributed by atoms with E-state index in [9.17, 15) is 24.2 Å². The quantitative estimate of drug-likeness (QED) is 0.0254. The Hall–Kier alpha value is -1.29. The third kappa shape index (κ3) is 33.0. The molecular formula is C36H69O10P. The molecule has 0 rings (SSSR count). The zero-order chi connectivity index (χ0) is 34.9. The van der Waals surface area contributed by atoms with Crippen LogP contribution < -0.4 is 0 Å². The molecule has 0 aromatic heterocycles. The van der Waals surface area contributed by atoms with Crippen LogP contribution >= 0.6 is 7.82 Å². The van der Waals surface area contributed by atoms with Gasteiger partial charge < -0.3 is 24.6 Å². The lowest BCUT2D eigenvalue weighted by Gasteiger charge is -2.20. The van der Waals surface area contributed by atoms with E-state index in [1.54, 1.807) is 0 Å². The van der Waals surface area contributed by atoms with Crippen LogP contribution in [0, 0.1) is 0 Å². The number of carbonyl (C=O) groups is 2. The highest BCUT2D eigenvalue weighted by molar-refractivity contribution is 7.47. The second-order valence-electron chi connectivity index (χ2n) is 12.6. The molecule has 0 aliphatic carbocycles. The third-order valence-corrected chi connectivity index (χ3v) is 8.87. The molecule has 0 heterocycles. The normalized spacial score (nSPS) is 14.2. The SMILES string of the molecule is CCCC/C=C/CCCCCCCC(=O)OC[C@H](COP(=O)(O)OC[C@@H](O)CO)OC(=O)CCCCCCCCCCCCCCC. The maximum Gasteiger partial charge on any atom is 0.472 e. The van der Waals surface area contributed by atoms with Gasteiger partial charge in [-0.05, 0) is 32.1 Å². The van der Waals surface area contributed by atoms with Crippen LogP contribution in [0.2, 0.25) is 0 Å². The van der Waals surface area contributed by atoms with Gasteiger partial charge in [-0.15, -0.1) is 0 Å². The average Bonchev–Trinajstić information content (AvgIpc) is 3.05. The molecule has 0 aliphatic rings. The molecule has 0 fully saturated rings. The summed E-state index contributed by atoms with van der Waals surface area (Å²) in [4.78, 5) is 34.7. The first kappa shape index (κ1) is 45.7. The summed E-state index contributed by atoms with van der Waals surface area (Å²) in [7, 11) is -4.60. The summed E-state index contributed by atoms with van der Waals surface area (Å²) >= 11 is 0. The van der Waals surface area contributed by atoms with Crippen molar-refractivity contribution < 1.29 is 47.8 Å². The number of esters is 2. The standard InChI is InChI=1S/C36H69O10P/c1-3-5-7-9-11-13-15-16-18-20-22-24-26-28-36(40)46-34(32-45-47(41,42)44-30-33(38)29-37)31-43-35(39)27-25-23-21-19-17-14-12-10-8-6-4-2/h10,12,33-34,37-38H,3-9,11,13-32H2,1-2H3,(H,41,42)/b12-10+/t33-,34+/m0/s1. The van der Waals surface area contributed by atoms with E-state index in [0.29, 0.717) is 12.8 Å². The smallest absolute Gasteiger partial charge is 0.462 e. The van der Waals surface area contributed by atoms with Crippen LogP contribution in [0.1, 0.15) is 168 Å². The largest absolute Gasteiger partial charge is 0.472 e. The molecule has 10 nitrogen and oxygen atoms in total. The zero-order valence-corrected chi connectivity index (χ0v) is 30.6. The first-order valence-electron chi connectivity index (χ1n) is 18.6. The molecule has 1 unspecified atom stereocenters. The molecule has 0 aromatic rings. The van der Waals surface area contributed by atoms with E-state index < -0.39 is 51.8 Å². The van der Waals surface area contributed by atoms with Crippen molar-refractivity contribution in [1.29, 1.82) is 0 Å². The van der Waals surface area contributed by atoms with Gasteiger partial charge in [-0.2, -0.15) is 0 Å². The Morgan fingerprint density at radius 2 is 1.06 bits per heavy atom. The topological polar surface area (TPSA) is 149 Å². The number of ether oxygens (including phenoxy) is 2. The molecular weight excluding hydrogens is 623 g/mol. The fraction of sp³-hybridized carbons (Fsp3) is 0.889. The van der Waals surface area contributed by atoms with Crippen LogP contribution in [0.3, 0.4) is 0 Å². The Bertz CT molecular complexity index is 807. The minimum atomic E-state index is -4.60. The molecule has 47 heavy (non-hydrogen) atoms. The summed E-state index contributed by atoms with van der Waals surface area (Å²) in [5.41, 5.74) is 0. The molecule has 0 bridgehead atoms. The molecule has 3 atom stereocenters. The van der Waals surface area contributed by atoms with Crippen LogP contribution in [-0.4, -0.2) is 65.7 Å². The highest BCUT2D eigenvalue weighted by Gasteiger charge is 2.27. The Balaban J connectivity index is 4.38. The highest BCUT2D eigenvalue weighted by Crippen LogP contribution is 2.43. The van der Waals surface area contributed by atoms with E-state index in [1.165, 1.54) is 70.6 Å². The van der Waals surface area contributed by atoms with Gasteiger partial charge in [-0.1, -0.05) is 135 Å². The lowest BCUT2D eigenvalue weighted by Crippen LogP contribution is -2.29. The number of hydrogen-bond donors (Lipinski definition) is 3. The van der Waals surface area contributed by atoms with Crippen LogP contribution in [-0.2, 0) is 32.7 Å². The van der Waals surface area contributed by atoms with Crippen molar-refractivity contribution >= 4 is 19.8 Å². The fourth-order valence-corrected chi connectivity index (χ4v) is 5.76. The Kier molecular flexibility index (Phi) is 32.3. The van der Waals surface area contributed by atoms with Crippen molar-refractivity contribution in [1.82, 2.24) is 0 Å². The molecule has 0 saturated carbocycles. The molecule has 278 valence electrons. The molecule has 0 amide bonds. The van der Waals surface area contributed by atoms with Gasteiger partial charge in [0, 0.05) is 12.8 Å². The summed E-state index contributed by atoms with van der Waals surface area (Å²) in [6, 6.07) is 0. The molecule has 0 aliphatic heterocycles. The molecule has 0 aromatic carbocycles. The molecule has 0 radical (unpaired) electrons. The van der Waals surface area contributed by atoms with Crippen LogP contribution in [0.25, 0.3) is 0 Å².